The van der Waals surface area contributed by atoms with Gasteiger partial charge in [0.1, 0.15) is 11.4 Å². The molecule has 1 aliphatic heterocycles. The van der Waals surface area contributed by atoms with Crippen molar-refractivity contribution in [3.63, 3.8) is 0 Å². The minimum Gasteiger partial charge on any atom is -0.483 e. The molecule has 2 rings (SSSR count). The Balaban J connectivity index is 2.47. The van der Waals surface area contributed by atoms with Gasteiger partial charge in [0.25, 0.3) is 5.91 Å². The summed E-state index contributed by atoms with van der Waals surface area (Å²) < 4.78 is 5.95. The number of nitrogens with zero attached hydrogens (tertiary/aromatic N) is 1. The lowest BCUT2D eigenvalue weighted by molar-refractivity contribution is -0.123. The quantitative estimate of drug-likeness (QED) is 0.844. The van der Waals surface area contributed by atoms with E-state index in [0.717, 1.165) is 35.4 Å². The SMILES string of the molecule is CCCN(C)C(=O)C1=CC(C)(C)Oc2ccc(C)cc21. The van der Waals surface area contributed by atoms with Gasteiger partial charge in [-0.15, -0.1) is 0 Å². The van der Waals surface area contributed by atoms with Gasteiger partial charge in [0, 0.05) is 19.2 Å². The van der Waals surface area contributed by atoms with Crippen molar-refractivity contribution in [2.75, 3.05) is 13.6 Å². The van der Waals surface area contributed by atoms with Crippen LogP contribution >= 0.6 is 0 Å². The molecule has 0 atom stereocenters. The first-order valence-corrected chi connectivity index (χ1v) is 7.12. The average Bonchev–Trinajstić information content (AvgIpc) is 2.37. The van der Waals surface area contributed by atoms with Crippen LogP contribution in [-0.4, -0.2) is 30.0 Å². The molecular weight excluding hydrogens is 250 g/mol. The lowest BCUT2D eigenvalue weighted by Crippen LogP contribution is -2.34. The Morgan fingerprint density at radius 1 is 1.35 bits per heavy atom. The van der Waals surface area contributed by atoms with Gasteiger partial charge in [-0.2, -0.15) is 0 Å². The van der Waals surface area contributed by atoms with Crippen LogP contribution in [0, 0.1) is 6.92 Å². The van der Waals surface area contributed by atoms with Crippen molar-refractivity contribution in [3.05, 3.63) is 35.4 Å². The summed E-state index contributed by atoms with van der Waals surface area (Å²) in [5.41, 5.74) is 2.32. The topological polar surface area (TPSA) is 29.5 Å². The monoisotopic (exact) mass is 273 g/mol. The molecule has 1 heterocycles. The van der Waals surface area contributed by atoms with Crippen molar-refractivity contribution < 1.29 is 9.53 Å². The number of likely N-dealkylation sites (N-methyl/N-ethyl adjacent to an activating group) is 1. The van der Waals surface area contributed by atoms with E-state index in [4.69, 9.17) is 4.74 Å². The number of hydrogen-bond acceptors (Lipinski definition) is 2. The molecule has 1 aromatic carbocycles. The van der Waals surface area contributed by atoms with Crippen molar-refractivity contribution in [1.29, 1.82) is 0 Å². The fourth-order valence-electron chi connectivity index (χ4n) is 2.50. The van der Waals surface area contributed by atoms with Gasteiger partial charge in [0.2, 0.25) is 0 Å². The molecule has 0 saturated heterocycles. The summed E-state index contributed by atoms with van der Waals surface area (Å²) in [6, 6.07) is 5.98. The largest absolute Gasteiger partial charge is 0.483 e. The van der Waals surface area contributed by atoms with Crippen LogP contribution in [0.3, 0.4) is 0 Å². The Bertz CT molecular complexity index is 558. The fraction of sp³-hybridized carbons (Fsp3) is 0.471. The van der Waals surface area contributed by atoms with E-state index in [1.165, 1.54) is 0 Å². The third kappa shape index (κ3) is 2.87. The first kappa shape index (κ1) is 14.6. The Hall–Kier alpha value is -1.77. The third-order valence-electron chi connectivity index (χ3n) is 3.43. The molecule has 0 radical (unpaired) electrons. The van der Waals surface area contributed by atoms with E-state index in [0.29, 0.717) is 0 Å². The van der Waals surface area contributed by atoms with Crippen LogP contribution in [0.15, 0.2) is 24.3 Å². The number of amides is 1. The normalized spacial score (nSPS) is 15.9. The van der Waals surface area contributed by atoms with E-state index < -0.39 is 5.60 Å². The second-order valence-corrected chi connectivity index (χ2v) is 5.99. The molecule has 0 spiro atoms. The fourth-order valence-corrected chi connectivity index (χ4v) is 2.50. The van der Waals surface area contributed by atoms with Crippen molar-refractivity contribution in [1.82, 2.24) is 4.90 Å². The van der Waals surface area contributed by atoms with Gasteiger partial charge in [-0.25, -0.2) is 0 Å². The number of hydrogen-bond donors (Lipinski definition) is 0. The van der Waals surface area contributed by atoms with E-state index in [1.807, 2.05) is 52.1 Å². The summed E-state index contributed by atoms with van der Waals surface area (Å²) in [5, 5.41) is 0. The van der Waals surface area contributed by atoms with Crippen molar-refractivity contribution >= 4 is 11.5 Å². The second-order valence-electron chi connectivity index (χ2n) is 5.99. The zero-order valence-corrected chi connectivity index (χ0v) is 13.0. The predicted octanol–water partition coefficient (Wildman–Crippen LogP) is 3.42. The number of ether oxygens (including phenoxy) is 1. The first-order valence-electron chi connectivity index (χ1n) is 7.12. The molecule has 0 fully saturated rings. The van der Waals surface area contributed by atoms with E-state index in [-0.39, 0.29) is 5.91 Å². The Kier molecular flexibility index (Phi) is 3.89. The highest BCUT2D eigenvalue weighted by Gasteiger charge is 2.30. The molecule has 0 aliphatic carbocycles. The molecule has 0 aromatic heterocycles. The van der Waals surface area contributed by atoms with Gasteiger partial charge in [0.15, 0.2) is 0 Å². The zero-order chi connectivity index (χ0) is 14.9. The molecule has 1 amide bonds. The highest BCUT2D eigenvalue weighted by Crippen LogP contribution is 2.37. The summed E-state index contributed by atoms with van der Waals surface area (Å²) in [5.74, 6) is 0.853. The van der Waals surface area contributed by atoms with Gasteiger partial charge in [-0.1, -0.05) is 18.6 Å². The maximum atomic E-state index is 12.7. The van der Waals surface area contributed by atoms with Crippen molar-refractivity contribution in [2.45, 2.75) is 39.7 Å². The number of carbonyl (C=O) groups excluding carboxylic acids is 1. The molecule has 0 unspecified atom stereocenters. The van der Waals surface area contributed by atoms with Gasteiger partial charge < -0.3 is 9.64 Å². The number of benzene rings is 1. The van der Waals surface area contributed by atoms with Crippen LogP contribution in [0.2, 0.25) is 0 Å². The molecule has 108 valence electrons. The van der Waals surface area contributed by atoms with E-state index in [1.54, 1.807) is 4.90 Å². The van der Waals surface area contributed by atoms with Crippen LogP contribution in [0.4, 0.5) is 0 Å². The summed E-state index contributed by atoms with van der Waals surface area (Å²) in [7, 11) is 1.85. The maximum absolute atomic E-state index is 12.7. The lowest BCUT2D eigenvalue weighted by Gasteiger charge is -2.32. The van der Waals surface area contributed by atoms with E-state index >= 15 is 0 Å². The third-order valence-corrected chi connectivity index (χ3v) is 3.43. The molecule has 3 nitrogen and oxygen atoms in total. The number of rotatable bonds is 3. The smallest absolute Gasteiger partial charge is 0.254 e. The molecule has 0 N–H and O–H groups in total. The zero-order valence-electron chi connectivity index (χ0n) is 13.0. The standard InChI is InChI=1S/C17H23NO2/c1-6-9-18(5)16(19)14-11-17(3,4)20-15-8-7-12(2)10-13(14)15/h7-8,10-11H,6,9H2,1-5H3. The minimum absolute atomic E-state index is 0.0649. The van der Waals surface area contributed by atoms with Crippen LogP contribution in [0.25, 0.3) is 5.57 Å². The van der Waals surface area contributed by atoms with E-state index in [2.05, 4.69) is 6.92 Å². The Morgan fingerprint density at radius 3 is 2.70 bits per heavy atom. The minimum atomic E-state index is -0.458. The molecule has 1 aromatic rings. The lowest BCUT2D eigenvalue weighted by atomic mass is 9.93. The Labute approximate surface area is 121 Å². The van der Waals surface area contributed by atoms with Gasteiger partial charge in [-0.05, 0) is 45.4 Å². The van der Waals surface area contributed by atoms with E-state index in [9.17, 15) is 4.79 Å². The molecule has 20 heavy (non-hydrogen) atoms. The highest BCUT2D eigenvalue weighted by atomic mass is 16.5. The van der Waals surface area contributed by atoms with Crippen LogP contribution < -0.4 is 4.74 Å². The van der Waals surface area contributed by atoms with Gasteiger partial charge in [-0.3, -0.25) is 4.79 Å². The molecule has 0 bridgehead atoms. The van der Waals surface area contributed by atoms with Gasteiger partial charge in [0.05, 0.1) is 5.57 Å². The summed E-state index contributed by atoms with van der Waals surface area (Å²) >= 11 is 0. The molecule has 1 aliphatic rings. The summed E-state index contributed by atoms with van der Waals surface area (Å²) in [4.78, 5) is 14.4. The number of aryl methyl sites for hydroxylation is 1. The van der Waals surface area contributed by atoms with Crippen molar-refractivity contribution in [2.24, 2.45) is 0 Å². The average molecular weight is 273 g/mol. The number of fused-ring (bicyclic) bond motifs is 1. The van der Waals surface area contributed by atoms with Crippen LogP contribution in [0.1, 0.15) is 38.3 Å². The van der Waals surface area contributed by atoms with Crippen LogP contribution in [0.5, 0.6) is 5.75 Å². The number of carbonyl (C=O) groups is 1. The first-order chi connectivity index (χ1) is 9.34. The van der Waals surface area contributed by atoms with Crippen molar-refractivity contribution in [3.8, 4) is 5.75 Å². The molecule has 3 heteroatoms. The van der Waals surface area contributed by atoms with Crippen LogP contribution in [-0.2, 0) is 4.79 Å². The second kappa shape index (κ2) is 5.31. The summed E-state index contributed by atoms with van der Waals surface area (Å²) in [6.07, 6.45) is 2.89. The molecular formula is C17H23NO2. The summed E-state index contributed by atoms with van der Waals surface area (Å²) in [6.45, 7) is 8.81. The predicted molar refractivity (Wildman–Crippen MR) is 81.8 cm³/mol. The highest BCUT2D eigenvalue weighted by molar-refractivity contribution is 6.20. The Morgan fingerprint density at radius 2 is 2.05 bits per heavy atom. The maximum Gasteiger partial charge on any atom is 0.254 e. The van der Waals surface area contributed by atoms with Gasteiger partial charge >= 0.3 is 0 Å². The molecule has 0 saturated carbocycles.